The molecule has 1 aromatic rings. The molecule has 3 aliphatic carbocycles. The summed E-state index contributed by atoms with van der Waals surface area (Å²) in [4.78, 5) is 0. The second-order valence-corrected chi connectivity index (χ2v) is 7.77. The summed E-state index contributed by atoms with van der Waals surface area (Å²) in [5.41, 5.74) is 0. The van der Waals surface area contributed by atoms with E-state index in [0.29, 0.717) is 6.04 Å². The Bertz CT molecular complexity index is 504. The van der Waals surface area contributed by atoms with E-state index in [1.165, 1.54) is 44.9 Å². The largest absolute Gasteiger partial charge is 0.311 e. The minimum Gasteiger partial charge on any atom is -0.311 e. The molecule has 0 radical (unpaired) electrons. The Morgan fingerprint density at radius 2 is 1.95 bits per heavy atom. The predicted molar refractivity (Wildman–Crippen MR) is 78.5 cm³/mol. The molecule has 0 saturated heterocycles. The summed E-state index contributed by atoms with van der Waals surface area (Å²) in [5.74, 6) is 5.27. The summed E-state index contributed by atoms with van der Waals surface area (Å²) >= 11 is 0. The van der Waals surface area contributed by atoms with Crippen molar-refractivity contribution in [2.45, 2.75) is 70.0 Å². The van der Waals surface area contributed by atoms with Gasteiger partial charge in [-0.3, -0.25) is 0 Å². The summed E-state index contributed by atoms with van der Waals surface area (Å²) in [5, 5.41) is 16.1. The highest BCUT2D eigenvalue weighted by Crippen LogP contribution is 2.58. The molecule has 2 heterocycles. The van der Waals surface area contributed by atoms with Gasteiger partial charge < -0.3 is 5.32 Å². The van der Waals surface area contributed by atoms with Crippen LogP contribution in [-0.2, 0) is 13.0 Å². The van der Waals surface area contributed by atoms with Crippen molar-refractivity contribution in [3.8, 4) is 0 Å². The van der Waals surface area contributed by atoms with Gasteiger partial charge in [0.1, 0.15) is 0 Å². The summed E-state index contributed by atoms with van der Waals surface area (Å²) in [6, 6.07) is 1.45. The van der Waals surface area contributed by atoms with Crippen molar-refractivity contribution in [3.63, 3.8) is 0 Å². The zero-order chi connectivity index (χ0) is 13.8. The smallest absolute Gasteiger partial charge is 0.151 e. The number of aryl methyl sites for hydroxylation is 2. The lowest BCUT2D eigenvalue weighted by atomic mass is 9.79. The number of hydrogen-bond donors (Lipinski definition) is 1. The van der Waals surface area contributed by atoms with Gasteiger partial charge in [-0.15, -0.1) is 5.10 Å². The summed E-state index contributed by atoms with van der Waals surface area (Å²) in [6.07, 6.45) is 10.9. The van der Waals surface area contributed by atoms with Crippen LogP contribution >= 0.6 is 0 Å². The van der Waals surface area contributed by atoms with Crippen LogP contribution in [0.4, 0.5) is 0 Å². The molecule has 4 aliphatic rings. The van der Waals surface area contributed by atoms with E-state index in [1.807, 2.05) is 4.68 Å². The van der Waals surface area contributed by atoms with Gasteiger partial charge in [-0.2, -0.15) is 0 Å². The minimum atomic E-state index is 0.651. The number of tetrazole rings is 1. The van der Waals surface area contributed by atoms with Crippen LogP contribution in [0, 0.1) is 23.7 Å². The molecule has 5 rings (SSSR count). The molecule has 3 fully saturated rings. The molecule has 0 aromatic carbocycles. The molecule has 114 valence electrons. The van der Waals surface area contributed by atoms with E-state index >= 15 is 0 Å². The zero-order valence-corrected chi connectivity index (χ0v) is 12.6. The first-order valence-corrected chi connectivity index (χ1v) is 8.89. The van der Waals surface area contributed by atoms with Gasteiger partial charge in [-0.25, -0.2) is 4.68 Å². The van der Waals surface area contributed by atoms with Crippen molar-refractivity contribution < 1.29 is 0 Å². The Morgan fingerprint density at radius 1 is 1.00 bits per heavy atom. The van der Waals surface area contributed by atoms with Gasteiger partial charge in [0, 0.05) is 25.0 Å². The highest BCUT2D eigenvalue weighted by atomic mass is 15.5. The van der Waals surface area contributed by atoms with Crippen LogP contribution in [-0.4, -0.2) is 32.3 Å². The quantitative estimate of drug-likeness (QED) is 0.901. The third-order valence-electron chi connectivity index (χ3n) is 6.89. The number of aromatic nitrogens is 4. The first-order valence-electron chi connectivity index (χ1n) is 8.89. The molecule has 5 nitrogen and oxygen atoms in total. The lowest BCUT2D eigenvalue weighted by Gasteiger charge is -2.34. The number of rotatable bonds is 2. The van der Waals surface area contributed by atoms with Gasteiger partial charge in [0.2, 0.25) is 0 Å². The molecule has 0 amide bonds. The maximum absolute atomic E-state index is 4.14. The fourth-order valence-electron chi connectivity index (χ4n) is 6.03. The maximum Gasteiger partial charge on any atom is 0.151 e. The lowest BCUT2D eigenvalue weighted by Crippen LogP contribution is -2.44. The summed E-state index contributed by atoms with van der Waals surface area (Å²) < 4.78 is 2.00. The Balaban J connectivity index is 1.24. The fourth-order valence-corrected chi connectivity index (χ4v) is 6.03. The van der Waals surface area contributed by atoms with E-state index in [0.717, 1.165) is 48.5 Å². The van der Waals surface area contributed by atoms with Gasteiger partial charge >= 0.3 is 0 Å². The minimum absolute atomic E-state index is 0.651. The number of fused-ring (bicyclic) bond motifs is 6. The predicted octanol–water partition coefficient (Wildman–Crippen LogP) is 1.79. The van der Waals surface area contributed by atoms with Crippen LogP contribution in [0.3, 0.4) is 0 Å². The molecule has 1 N–H and O–H groups in total. The molecule has 21 heavy (non-hydrogen) atoms. The molecule has 3 saturated carbocycles. The number of nitrogens with zero attached hydrogens (tertiary/aromatic N) is 4. The third-order valence-corrected chi connectivity index (χ3v) is 6.89. The van der Waals surface area contributed by atoms with Crippen LogP contribution in [0.25, 0.3) is 0 Å². The monoisotopic (exact) mass is 287 g/mol. The van der Waals surface area contributed by atoms with Crippen molar-refractivity contribution in [3.05, 3.63) is 5.82 Å². The molecule has 5 heteroatoms. The lowest BCUT2D eigenvalue weighted by molar-refractivity contribution is 0.193. The highest BCUT2D eigenvalue weighted by molar-refractivity contribution is 5.06. The van der Waals surface area contributed by atoms with E-state index in [1.54, 1.807) is 0 Å². The van der Waals surface area contributed by atoms with E-state index in [9.17, 15) is 0 Å². The average Bonchev–Trinajstić information content (AvgIpc) is 3.22. The van der Waals surface area contributed by atoms with E-state index < -0.39 is 0 Å². The van der Waals surface area contributed by atoms with Gasteiger partial charge in [0.05, 0.1) is 0 Å². The van der Waals surface area contributed by atoms with Gasteiger partial charge in [0.25, 0.3) is 0 Å². The molecule has 2 bridgehead atoms. The molecular weight excluding hydrogens is 262 g/mol. The molecule has 1 aliphatic heterocycles. The molecule has 6 atom stereocenters. The van der Waals surface area contributed by atoms with Crippen molar-refractivity contribution in [2.75, 3.05) is 0 Å². The van der Waals surface area contributed by atoms with Crippen LogP contribution in [0.15, 0.2) is 0 Å². The maximum atomic E-state index is 4.14. The third kappa shape index (κ3) is 1.96. The van der Waals surface area contributed by atoms with Crippen molar-refractivity contribution in [2.24, 2.45) is 23.7 Å². The standard InChI is InChI=1S/C16H25N5/c1-2-12-10-8-14(13(12)3-1)15(9-10)17-11-4-5-16-18-19-20-21(16)7-6-11/h10-15,17H,1-9H2. The van der Waals surface area contributed by atoms with E-state index in [4.69, 9.17) is 0 Å². The van der Waals surface area contributed by atoms with E-state index in [-0.39, 0.29) is 0 Å². The highest BCUT2D eigenvalue weighted by Gasteiger charge is 2.53. The molecule has 1 aromatic heterocycles. The molecule has 6 unspecified atom stereocenters. The summed E-state index contributed by atoms with van der Waals surface area (Å²) in [7, 11) is 0. The Labute approximate surface area is 125 Å². The van der Waals surface area contributed by atoms with Crippen LogP contribution < -0.4 is 5.32 Å². The zero-order valence-electron chi connectivity index (χ0n) is 12.6. The van der Waals surface area contributed by atoms with Gasteiger partial charge in [0.15, 0.2) is 5.82 Å². The van der Waals surface area contributed by atoms with Crippen molar-refractivity contribution in [1.29, 1.82) is 0 Å². The Kier molecular flexibility index (Phi) is 2.85. The first kappa shape index (κ1) is 12.6. The van der Waals surface area contributed by atoms with Gasteiger partial charge in [-0.05, 0) is 72.6 Å². The number of nitrogens with one attached hydrogen (secondary N) is 1. The van der Waals surface area contributed by atoms with Crippen LogP contribution in [0.5, 0.6) is 0 Å². The van der Waals surface area contributed by atoms with Gasteiger partial charge in [-0.1, -0.05) is 6.42 Å². The number of hydrogen-bond acceptors (Lipinski definition) is 4. The van der Waals surface area contributed by atoms with Crippen LogP contribution in [0.1, 0.15) is 50.8 Å². The normalized spacial score (nSPS) is 44.6. The fraction of sp³-hybridized carbons (Fsp3) is 0.938. The molecular formula is C16H25N5. The SMILES string of the molecule is C1CC2C3CC(NC4CCc5nnnn5CC4)C(C3)C2C1. The Morgan fingerprint density at radius 3 is 2.95 bits per heavy atom. The van der Waals surface area contributed by atoms with Crippen molar-refractivity contribution >= 4 is 0 Å². The second-order valence-electron chi connectivity index (χ2n) is 7.77. The van der Waals surface area contributed by atoms with Crippen LogP contribution in [0.2, 0.25) is 0 Å². The first-order chi connectivity index (χ1) is 10.4. The topological polar surface area (TPSA) is 55.6 Å². The Hall–Kier alpha value is -0.970. The second kappa shape index (κ2) is 4.77. The molecule has 0 spiro atoms. The summed E-state index contributed by atoms with van der Waals surface area (Å²) in [6.45, 7) is 0.979. The van der Waals surface area contributed by atoms with Crippen molar-refractivity contribution in [1.82, 2.24) is 25.5 Å². The average molecular weight is 287 g/mol. The van der Waals surface area contributed by atoms with E-state index in [2.05, 4.69) is 20.8 Å².